The van der Waals surface area contributed by atoms with Crippen molar-refractivity contribution in [3.05, 3.63) is 64.1 Å². The number of aryl methyl sites for hydroxylation is 1. The lowest BCUT2D eigenvalue weighted by atomic mass is 10.2. The van der Waals surface area contributed by atoms with Gasteiger partial charge in [0.05, 0.1) is 17.9 Å². The molecule has 0 spiro atoms. The van der Waals surface area contributed by atoms with Crippen LogP contribution < -0.4 is 10.6 Å². The van der Waals surface area contributed by atoms with Crippen LogP contribution in [-0.4, -0.2) is 27.2 Å². The summed E-state index contributed by atoms with van der Waals surface area (Å²) in [5, 5.41) is 10.6. The molecule has 25 heavy (non-hydrogen) atoms. The molecule has 0 saturated heterocycles. The van der Waals surface area contributed by atoms with Crippen molar-refractivity contribution < 1.29 is 4.79 Å². The Morgan fingerprint density at radius 1 is 1.24 bits per heavy atom. The SMILES string of the molecule is Cc1cc(Br)ccc1NCC(=O)Nc1cc(Cl)ccc1-n1cncn1. The summed E-state index contributed by atoms with van der Waals surface area (Å²) in [4.78, 5) is 16.2. The quantitative estimate of drug-likeness (QED) is 0.653. The van der Waals surface area contributed by atoms with Crippen molar-refractivity contribution in [2.24, 2.45) is 0 Å². The van der Waals surface area contributed by atoms with Crippen LogP contribution in [0.4, 0.5) is 11.4 Å². The normalized spacial score (nSPS) is 10.5. The molecule has 0 bridgehead atoms. The number of halogens is 2. The van der Waals surface area contributed by atoms with Gasteiger partial charge in [-0.05, 0) is 48.9 Å². The molecule has 0 aliphatic rings. The van der Waals surface area contributed by atoms with Crippen LogP contribution in [0.1, 0.15) is 5.56 Å². The molecule has 1 aromatic heterocycles. The van der Waals surface area contributed by atoms with E-state index in [1.807, 2.05) is 25.1 Å². The number of nitrogens with zero attached hydrogens (tertiary/aromatic N) is 3. The van der Waals surface area contributed by atoms with Crippen LogP contribution in [0.2, 0.25) is 5.02 Å². The Balaban J connectivity index is 1.72. The van der Waals surface area contributed by atoms with Gasteiger partial charge in [-0.2, -0.15) is 5.10 Å². The van der Waals surface area contributed by atoms with Gasteiger partial charge in [-0.25, -0.2) is 9.67 Å². The molecule has 8 heteroatoms. The molecule has 0 atom stereocenters. The summed E-state index contributed by atoms with van der Waals surface area (Å²) in [6.07, 6.45) is 2.99. The summed E-state index contributed by atoms with van der Waals surface area (Å²) in [6, 6.07) is 11.0. The number of anilines is 2. The van der Waals surface area contributed by atoms with Gasteiger partial charge in [-0.15, -0.1) is 0 Å². The maximum Gasteiger partial charge on any atom is 0.243 e. The molecule has 0 aliphatic carbocycles. The molecule has 0 saturated carbocycles. The average Bonchev–Trinajstić information content (AvgIpc) is 3.08. The second-order valence-electron chi connectivity index (χ2n) is 5.36. The molecule has 0 fully saturated rings. The van der Waals surface area contributed by atoms with E-state index in [2.05, 4.69) is 36.6 Å². The highest BCUT2D eigenvalue weighted by Gasteiger charge is 2.10. The molecule has 0 radical (unpaired) electrons. The monoisotopic (exact) mass is 419 g/mol. The highest BCUT2D eigenvalue weighted by atomic mass is 79.9. The van der Waals surface area contributed by atoms with Crippen LogP contribution >= 0.6 is 27.5 Å². The van der Waals surface area contributed by atoms with Gasteiger partial charge in [0.1, 0.15) is 12.7 Å². The van der Waals surface area contributed by atoms with Crippen molar-refractivity contribution in [3.8, 4) is 5.69 Å². The first kappa shape index (κ1) is 17.4. The first-order valence-corrected chi connectivity index (χ1v) is 8.64. The number of nitrogens with one attached hydrogen (secondary N) is 2. The smallest absolute Gasteiger partial charge is 0.243 e. The van der Waals surface area contributed by atoms with E-state index in [0.29, 0.717) is 16.4 Å². The average molecular weight is 421 g/mol. The van der Waals surface area contributed by atoms with E-state index in [1.54, 1.807) is 29.2 Å². The van der Waals surface area contributed by atoms with Crippen molar-refractivity contribution in [3.63, 3.8) is 0 Å². The number of carbonyl (C=O) groups is 1. The zero-order valence-corrected chi connectivity index (χ0v) is 15.7. The molecule has 1 amide bonds. The lowest BCUT2D eigenvalue weighted by Crippen LogP contribution is -2.23. The second-order valence-corrected chi connectivity index (χ2v) is 6.71. The molecule has 1 heterocycles. The Labute approximate surface area is 158 Å². The topological polar surface area (TPSA) is 71.8 Å². The highest BCUT2D eigenvalue weighted by molar-refractivity contribution is 9.10. The van der Waals surface area contributed by atoms with E-state index in [1.165, 1.54) is 6.33 Å². The van der Waals surface area contributed by atoms with Crippen LogP contribution in [0.5, 0.6) is 0 Å². The van der Waals surface area contributed by atoms with Gasteiger partial charge in [-0.1, -0.05) is 27.5 Å². The largest absolute Gasteiger partial charge is 0.376 e. The Morgan fingerprint density at radius 3 is 2.80 bits per heavy atom. The maximum atomic E-state index is 12.3. The summed E-state index contributed by atoms with van der Waals surface area (Å²) < 4.78 is 2.56. The second kappa shape index (κ2) is 7.67. The number of amides is 1. The van der Waals surface area contributed by atoms with E-state index in [9.17, 15) is 4.79 Å². The Hall–Kier alpha value is -2.38. The minimum absolute atomic E-state index is 0.131. The molecule has 0 aliphatic heterocycles. The molecule has 0 unspecified atom stereocenters. The van der Waals surface area contributed by atoms with Gasteiger partial charge < -0.3 is 10.6 Å². The van der Waals surface area contributed by atoms with Gasteiger partial charge in [0.15, 0.2) is 0 Å². The summed E-state index contributed by atoms with van der Waals surface area (Å²) >= 11 is 9.47. The molecule has 128 valence electrons. The zero-order valence-electron chi connectivity index (χ0n) is 13.3. The predicted molar refractivity (Wildman–Crippen MR) is 102 cm³/mol. The predicted octanol–water partition coefficient (Wildman–Crippen LogP) is 4.04. The minimum atomic E-state index is -0.189. The van der Waals surface area contributed by atoms with E-state index >= 15 is 0 Å². The van der Waals surface area contributed by atoms with E-state index in [-0.39, 0.29) is 12.5 Å². The molecular weight excluding hydrogens is 406 g/mol. The van der Waals surface area contributed by atoms with Gasteiger partial charge in [0, 0.05) is 15.2 Å². The van der Waals surface area contributed by atoms with Crippen molar-refractivity contribution >= 4 is 44.8 Å². The number of aromatic nitrogens is 3. The Kier molecular flexibility index (Phi) is 5.35. The van der Waals surface area contributed by atoms with Gasteiger partial charge >= 0.3 is 0 Å². The van der Waals surface area contributed by atoms with Crippen LogP contribution in [0.25, 0.3) is 5.69 Å². The fraction of sp³-hybridized carbons (Fsp3) is 0.118. The number of hydrogen-bond donors (Lipinski definition) is 2. The number of hydrogen-bond acceptors (Lipinski definition) is 4. The lowest BCUT2D eigenvalue weighted by Gasteiger charge is -2.13. The van der Waals surface area contributed by atoms with Crippen LogP contribution in [0.3, 0.4) is 0 Å². The van der Waals surface area contributed by atoms with Crippen molar-refractivity contribution in [1.82, 2.24) is 14.8 Å². The molecular formula is C17H15BrClN5O. The molecule has 2 aromatic carbocycles. The Morgan fingerprint density at radius 2 is 2.08 bits per heavy atom. The lowest BCUT2D eigenvalue weighted by molar-refractivity contribution is -0.114. The van der Waals surface area contributed by atoms with Crippen LogP contribution in [0, 0.1) is 6.92 Å². The number of carbonyl (C=O) groups excluding carboxylic acids is 1. The van der Waals surface area contributed by atoms with Gasteiger partial charge in [0.25, 0.3) is 0 Å². The summed E-state index contributed by atoms with van der Waals surface area (Å²) in [5.41, 5.74) is 3.21. The van der Waals surface area contributed by atoms with Gasteiger partial charge in [0.2, 0.25) is 5.91 Å². The third kappa shape index (κ3) is 4.37. The maximum absolute atomic E-state index is 12.3. The first-order chi connectivity index (χ1) is 12.0. The van der Waals surface area contributed by atoms with Crippen molar-refractivity contribution in [1.29, 1.82) is 0 Å². The molecule has 3 rings (SSSR count). The molecule has 2 N–H and O–H groups in total. The third-order valence-electron chi connectivity index (χ3n) is 3.53. The number of benzene rings is 2. The fourth-order valence-corrected chi connectivity index (χ4v) is 2.98. The molecule has 3 aromatic rings. The highest BCUT2D eigenvalue weighted by Crippen LogP contribution is 2.24. The molecule has 6 nitrogen and oxygen atoms in total. The third-order valence-corrected chi connectivity index (χ3v) is 4.25. The van der Waals surface area contributed by atoms with Crippen molar-refractivity contribution in [2.75, 3.05) is 17.2 Å². The van der Waals surface area contributed by atoms with Crippen LogP contribution in [0.15, 0.2) is 53.5 Å². The summed E-state index contributed by atoms with van der Waals surface area (Å²) in [6.45, 7) is 2.11. The zero-order chi connectivity index (χ0) is 17.8. The summed E-state index contributed by atoms with van der Waals surface area (Å²) in [5.74, 6) is -0.189. The fourth-order valence-electron chi connectivity index (χ4n) is 2.34. The van der Waals surface area contributed by atoms with Crippen LogP contribution in [-0.2, 0) is 4.79 Å². The van der Waals surface area contributed by atoms with Gasteiger partial charge in [-0.3, -0.25) is 4.79 Å². The first-order valence-electron chi connectivity index (χ1n) is 7.47. The standard InChI is InChI=1S/C17H15BrClN5O/c1-11-6-12(18)2-4-14(11)21-8-17(25)23-15-7-13(19)3-5-16(15)24-10-20-9-22-24/h2-7,9-10,21H,8H2,1H3,(H,23,25). The number of rotatable bonds is 5. The minimum Gasteiger partial charge on any atom is -0.376 e. The van der Waals surface area contributed by atoms with E-state index in [4.69, 9.17) is 11.6 Å². The Bertz CT molecular complexity index is 898. The van der Waals surface area contributed by atoms with E-state index < -0.39 is 0 Å². The van der Waals surface area contributed by atoms with Crippen molar-refractivity contribution in [2.45, 2.75) is 6.92 Å². The summed E-state index contributed by atoms with van der Waals surface area (Å²) in [7, 11) is 0. The van der Waals surface area contributed by atoms with E-state index in [0.717, 1.165) is 15.7 Å².